The second-order valence-corrected chi connectivity index (χ2v) is 4.76. The number of nitrogens with zero attached hydrogens (tertiary/aromatic N) is 1. The molecule has 1 aromatic carbocycles. The minimum atomic E-state index is 0.514. The van der Waals surface area contributed by atoms with Crippen LogP contribution in [-0.4, -0.2) is 30.2 Å². The van der Waals surface area contributed by atoms with Crippen LogP contribution < -0.4 is 0 Å². The highest BCUT2D eigenvalue weighted by Gasteiger charge is 2.38. The number of fused-ring (bicyclic) bond motifs is 2. The predicted octanol–water partition coefficient (Wildman–Crippen LogP) is 1.97. The summed E-state index contributed by atoms with van der Waals surface area (Å²) in [6.07, 6.45) is 1.76. The highest BCUT2D eigenvalue weighted by atomic mass is 16.5. The zero-order valence-electron chi connectivity index (χ0n) is 9.15. The molecule has 80 valence electrons. The Labute approximate surface area is 90.8 Å². The van der Waals surface area contributed by atoms with Gasteiger partial charge in [0.15, 0.2) is 0 Å². The van der Waals surface area contributed by atoms with Crippen molar-refractivity contribution in [2.45, 2.75) is 32.0 Å². The van der Waals surface area contributed by atoms with Crippen LogP contribution in [-0.2, 0) is 11.3 Å². The molecule has 0 unspecified atom stereocenters. The molecular weight excluding hydrogens is 186 g/mol. The number of rotatable bonds is 2. The Balaban J connectivity index is 1.68. The molecule has 0 spiro atoms. The molecule has 2 saturated heterocycles. The van der Waals surface area contributed by atoms with E-state index in [2.05, 4.69) is 36.1 Å². The highest BCUT2D eigenvalue weighted by molar-refractivity contribution is 5.21. The number of morpholine rings is 1. The van der Waals surface area contributed by atoms with E-state index in [4.69, 9.17) is 4.74 Å². The molecule has 0 saturated carbocycles. The average Bonchev–Trinajstić information content (AvgIpc) is 2.83. The van der Waals surface area contributed by atoms with Gasteiger partial charge in [-0.1, -0.05) is 29.8 Å². The lowest BCUT2D eigenvalue weighted by atomic mass is 10.1. The normalized spacial score (nSPS) is 29.9. The third kappa shape index (κ3) is 1.80. The SMILES string of the molecule is Cc1ccc(CN2C[C@H]3C[C@@H]2CO3)cc1. The summed E-state index contributed by atoms with van der Waals surface area (Å²) >= 11 is 0. The Morgan fingerprint density at radius 1 is 1.33 bits per heavy atom. The second kappa shape index (κ2) is 3.62. The standard InChI is InChI=1S/C13H17NO/c1-10-2-4-11(5-3-10)7-14-8-13-6-12(14)9-15-13/h2-5,12-13H,6-9H2,1H3/t12-,13-/m1/s1. The van der Waals surface area contributed by atoms with Gasteiger partial charge in [0.25, 0.3) is 0 Å². The van der Waals surface area contributed by atoms with E-state index >= 15 is 0 Å². The zero-order chi connectivity index (χ0) is 10.3. The van der Waals surface area contributed by atoms with E-state index in [1.54, 1.807) is 0 Å². The molecule has 0 aromatic heterocycles. The average molecular weight is 203 g/mol. The van der Waals surface area contributed by atoms with Crippen molar-refractivity contribution in [1.82, 2.24) is 4.90 Å². The largest absolute Gasteiger partial charge is 0.375 e. The van der Waals surface area contributed by atoms with Gasteiger partial charge in [-0.2, -0.15) is 0 Å². The van der Waals surface area contributed by atoms with Crippen LogP contribution in [0.25, 0.3) is 0 Å². The maximum absolute atomic E-state index is 5.60. The van der Waals surface area contributed by atoms with Gasteiger partial charge in [-0.25, -0.2) is 0 Å². The first-order chi connectivity index (χ1) is 7.31. The molecule has 2 heterocycles. The molecule has 1 aromatic rings. The summed E-state index contributed by atoms with van der Waals surface area (Å²) in [7, 11) is 0. The smallest absolute Gasteiger partial charge is 0.0718 e. The Hall–Kier alpha value is -0.860. The Morgan fingerprint density at radius 3 is 2.73 bits per heavy atom. The summed E-state index contributed by atoms with van der Waals surface area (Å²) in [5.74, 6) is 0. The van der Waals surface area contributed by atoms with Gasteiger partial charge in [0.2, 0.25) is 0 Å². The van der Waals surface area contributed by atoms with E-state index in [9.17, 15) is 0 Å². The van der Waals surface area contributed by atoms with E-state index < -0.39 is 0 Å². The van der Waals surface area contributed by atoms with Gasteiger partial charge in [-0.15, -0.1) is 0 Å². The first kappa shape index (κ1) is 9.37. The lowest BCUT2D eigenvalue weighted by molar-refractivity contribution is 0.0273. The monoisotopic (exact) mass is 203 g/mol. The van der Waals surface area contributed by atoms with Crippen molar-refractivity contribution in [2.75, 3.05) is 13.2 Å². The van der Waals surface area contributed by atoms with Crippen molar-refractivity contribution < 1.29 is 4.74 Å². The van der Waals surface area contributed by atoms with Crippen molar-refractivity contribution in [2.24, 2.45) is 0 Å². The topological polar surface area (TPSA) is 12.5 Å². The van der Waals surface area contributed by atoms with E-state index in [1.807, 2.05) is 0 Å². The van der Waals surface area contributed by atoms with Crippen molar-refractivity contribution in [3.8, 4) is 0 Å². The number of hydrogen-bond acceptors (Lipinski definition) is 2. The fourth-order valence-electron chi connectivity index (χ4n) is 2.60. The fourth-order valence-corrected chi connectivity index (χ4v) is 2.60. The fraction of sp³-hybridized carbons (Fsp3) is 0.538. The molecule has 0 N–H and O–H groups in total. The number of aryl methyl sites for hydroxylation is 1. The van der Waals surface area contributed by atoms with E-state index in [0.717, 1.165) is 19.7 Å². The lowest BCUT2D eigenvalue weighted by Crippen LogP contribution is -2.36. The molecule has 0 radical (unpaired) electrons. The van der Waals surface area contributed by atoms with Crippen molar-refractivity contribution in [1.29, 1.82) is 0 Å². The molecule has 0 amide bonds. The van der Waals surface area contributed by atoms with E-state index in [0.29, 0.717) is 12.1 Å². The third-order valence-corrected chi connectivity index (χ3v) is 3.52. The van der Waals surface area contributed by atoms with Crippen LogP contribution in [0.15, 0.2) is 24.3 Å². The number of hydrogen-bond donors (Lipinski definition) is 0. The van der Waals surface area contributed by atoms with Crippen molar-refractivity contribution in [3.63, 3.8) is 0 Å². The second-order valence-electron chi connectivity index (χ2n) is 4.76. The molecule has 2 bridgehead atoms. The predicted molar refractivity (Wildman–Crippen MR) is 59.7 cm³/mol. The van der Waals surface area contributed by atoms with Crippen LogP contribution in [0.1, 0.15) is 17.5 Å². The molecule has 2 aliphatic rings. The Morgan fingerprint density at radius 2 is 2.13 bits per heavy atom. The molecule has 2 atom stereocenters. The summed E-state index contributed by atoms with van der Waals surface area (Å²) < 4.78 is 5.60. The minimum Gasteiger partial charge on any atom is -0.375 e. The zero-order valence-corrected chi connectivity index (χ0v) is 9.15. The number of benzene rings is 1. The molecular formula is C13H17NO. The van der Waals surface area contributed by atoms with E-state index in [1.165, 1.54) is 17.5 Å². The molecule has 2 nitrogen and oxygen atoms in total. The van der Waals surface area contributed by atoms with Crippen LogP contribution in [0.4, 0.5) is 0 Å². The molecule has 2 fully saturated rings. The van der Waals surface area contributed by atoms with Gasteiger partial charge in [0.1, 0.15) is 0 Å². The van der Waals surface area contributed by atoms with Gasteiger partial charge in [0, 0.05) is 19.1 Å². The lowest BCUT2D eigenvalue weighted by Gasteiger charge is -2.26. The van der Waals surface area contributed by atoms with Crippen LogP contribution in [0.2, 0.25) is 0 Å². The first-order valence-corrected chi connectivity index (χ1v) is 5.72. The van der Waals surface area contributed by atoms with Crippen LogP contribution in [0, 0.1) is 6.92 Å². The summed E-state index contributed by atoms with van der Waals surface area (Å²) in [5.41, 5.74) is 2.76. The van der Waals surface area contributed by atoms with Gasteiger partial charge < -0.3 is 4.74 Å². The summed E-state index contributed by atoms with van der Waals surface area (Å²) in [4.78, 5) is 2.55. The van der Waals surface area contributed by atoms with Crippen molar-refractivity contribution >= 4 is 0 Å². The first-order valence-electron chi connectivity index (χ1n) is 5.72. The Bertz CT molecular complexity index is 346. The van der Waals surface area contributed by atoms with Crippen LogP contribution >= 0.6 is 0 Å². The quantitative estimate of drug-likeness (QED) is 0.728. The number of ether oxygens (including phenoxy) is 1. The van der Waals surface area contributed by atoms with Gasteiger partial charge in [-0.05, 0) is 18.9 Å². The highest BCUT2D eigenvalue weighted by Crippen LogP contribution is 2.28. The summed E-state index contributed by atoms with van der Waals surface area (Å²) in [5, 5.41) is 0. The molecule has 2 heteroatoms. The molecule has 3 rings (SSSR count). The summed E-state index contributed by atoms with van der Waals surface area (Å²) in [6, 6.07) is 9.54. The molecule has 2 aliphatic heterocycles. The van der Waals surface area contributed by atoms with Gasteiger partial charge >= 0.3 is 0 Å². The summed E-state index contributed by atoms with van der Waals surface area (Å²) in [6.45, 7) is 5.29. The third-order valence-electron chi connectivity index (χ3n) is 3.52. The minimum absolute atomic E-state index is 0.514. The molecule has 15 heavy (non-hydrogen) atoms. The van der Waals surface area contributed by atoms with Crippen LogP contribution in [0.3, 0.4) is 0 Å². The van der Waals surface area contributed by atoms with E-state index in [-0.39, 0.29) is 0 Å². The van der Waals surface area contributed by atoms with Crippen LogP contribution in [0.5, 0.6) is 0 Å². The maximum atomic E-state index is 5.60. The molecule has 0 aliphatic carbocycles. The van der Waals surface area contributed by atoms with Crippen molar-refractivity contribution in [3.05, 3.63) is 35.4 Å². The van der Waals surface area contributed by atoms with Gasteiger partial charge in [0.05, 0.1) is 12.7 Å². The Kier molecular flexibility index (Phi) is 2.26. The van der Waals surface area contributed by atoms with Gasteiger partial charge in [-0.3, -0.25) is 4.90 Å². The maximum Gasteiger partial charge on any atom is 0.0718 e. The number of likely N-dealkylation sites (tertiary alicyclic amines) is 1.